The molecule has 1 atom stereocenters. The molecule has 0 aromatic heterocycles. The van der Waals surface area contributed by atoms with Gasteiger partial charge in [-0.1, -0.05) is 0 Å². The SMILES string of the molecule is COc1ccc(F)cc1CN1C(=O)N[C@]2(CCSC2)C1=O. The van der Waals surface area contributed by atoms with Crippen LogP contribution in [0, 0.1) is 5.82 Å². The predicted octanol–water partition coefficient (Wildman–Crippen LogP) is 1.76. The number of hydrogen-bond donors (Lipinski definition) is 1. The highest BCUT2D eigenvalue weighted by atomic mass is 32.2. The molecule has 2 heterocycles. The van der Waals surface area contributed by atoms with E-state index >= 15 is 0 Å². The molecule has 2 fully saturated rings. The van der Waals surface area contributed by atoms with E-state index in [1.165, 1.54) is 25.3 Å². The second-order valence-corrected chi connectivity index (χ2v) is 6.27. The highest BCUT2D eigenvalue weighted by Crippen LogP contribution is 2.34. The highest BCUT2D eigenvalue weighted by Gasteiger charge is 2.52. The minimum Gasteiger partial charge on any atom is -0.496 e. The van der Waals surface area contributed by atoms with E-state index in [0.717, 1.165) is 10.7 Å². The summed E-state index contributed by atoms with van der Waals surface area (Å²) in [5, 5.41) is 2.78. The van der Waals surface area contributed by atoms with Gasteiger partial charge in [0.25, 0.3) is 5.91 Å². The van der Waals surface area contributed by atoms with Crippen molar-refractivity contribution in [2.45, 2.75) is 18.5 Å². The molecule has 0 aliphatic carbocycles. The second-order valence-electron chi connectivity index (χ2n) is 5.16. The van der Waals surface area contributed by atoms with Gasteiger partial charge in [-0.15, -0.1) is 0 Å². The second kappa shape index (κ2) is 5.22. The van der Waals surface area contributed by atoms with E-state index in [9.17, 15) is 14.0 Å². The number of carbonyl (C=O) groups excluding carboxylic acids is 2. The van der Waals surface area contributed by atoms with Crippen molar-refractivity contribution < 1.29 is 18.7 Å². The molecule has 2 aliphatic heterocycles. The molecule has 1 aromatic carbocycles. The number of amides is 3. The van der Waals surface area contributed by atoms with Crippen molar-refractivity contribution in [2.24, 2.45) is 0 Å². The van der Waals surface area contributed by atoms with Crippen LogP contribution in [0.5, 0.6) is 5.75 Å². The van der Waals surface area contributed by atoms with Crippen molar-refractivity contribution in [3.05, 3.63) is 29.6 Å². The maximum atomic E-state index is 13.4. The molecule has 0 saturated carbocycles. The van der Waals surface area contributed by atoms with Gasteiger partial charge in [0.2, 0.25) is 0 Å². The zero-order chi connectivity index (χ0) is 15.0. The monoisotopic (exact) mass is 310 g/mol. The smallest absolute Gasteiger partial charge is 0.325 e. The van der Waals surface area contributed by atoms with Crippen molar-refractivity contribution in [3.8, 4) is 5.75 Å². The van der Waals surface area contributed by atoms with E-state index < -0.39 is 17.4 Å². The van der Waals surface area contributed by atoms with Crippen molar-refractivity contribution >= 4 is 23.7 Å². The minimum absolute atomic E-state index is 0.0119. The van der Waals surface area contributed by atoms with Gasteiger partial charge in [-0.05, 0) is 30.4 Å². The van der Waals surface area contributed by atoms with Crippen LogP contribution in [0.2, 0.25) is 0 Å². The average Bonchev–Trinajstić information content (AvgIpc) is 3.01. The fourth-order valence-corrected chi connectivity index (χ4v) is 4.02. The van der Waals surface area contributed by atoms with Crippen LogP contribution in [0.25, 0.3) is 0 Å². The van der Waals surface area contributed by atoms with Gasteiger partial charge in [-0.2, -0.15) is 11.8 Å². The Balaban J connectivity index is 1.86. The van der Waals surface area contributed by atoms with Gasteiger partial charge in [0.05, 0.1) is 13.7 Å². The Morgan fingerprint density at radius 1 is 1.48 bits per heavy atom. The number of carbonyl (C=O) groups is 2. The minimum atomic E-state index is -0.775. The Bertz CT molecular complexity index is 602. The third kappa shape index (κ3) is 2.35. The van der Waals surface area contributed by atoms with E-state index in [1.54, 1.807) is 11.8 Å². The standard InChI is InChI=1S/C14H15FN2O3S/c1-20-11-3-2-10(15)6-9(11)7-17-12(18)14(16-13(17)19)4-5-21-8-14/h2-3,6H,4-5,7-8H2,1H3,(H,16,19)/t14-/m0/s1. The first kappa shape index (κ1) is 14.2. The van der Waals surface area contributed by atoms with Crippen molar-refractivity contribution in [3.63, 3.8) is 0 Å². The van der Waals surface area contributed by atoms with Gasteiger partial charge in [0.15, 0.2) is 0 Å². The Morgan fingerprint density at radius 2 is 2.29 bits per heavy atom. The molecule has 1 spiro atoms. The van der Waals surface area contributed by atoms with Crippen LogP contribution in [0.4, 0.5) is 9.18 Å². The predicted molar refractivity (Wildman–Crippen MR) is 76.7 cm³/mol. The van der Waals surface area contributed by atoms with Crippen LogP contribution in [-0.4, -0.2) is 41.0 Å². The van der Waals surface area contributed by atoms with E-state index in [-0.39, 0.29) is 12.5 Å². The van der Waals surface area contributed by atoms with Gasteiger partial charge < -0.3 is 10.1 Å². The van der Waals surface area contributed by atoms with Gasteiger partial charge in [-0.3, -0.25) is 9.69 Å². The summed E-state index contributed by atoms with van der Waals surface area (Å²) in [6.07, 6.45) is 0.638. The first-order valence-corrected chi connectivity index (χ1v) is 7.75. The number of halogens is 1. The lowest BCUT2D eigenvalue weighted by molar-refractivity contribution is -0.130. The van der Waals surface area contributed by atoms with Gasteiger partial charge in [0.1, 0.15) is 17.1 Å². The van der Waals surface area contributed by atoms with Crippen LogP contribution in [0.3, 0.4) is 0 Å². The lowest BCUT2D eigenvalue weighted by atomic mass is 9.99. The third-order valence-corrected chi connectivity index (χ3v) is 5.03. The fourth-order valence-electron chi connectivity index (χ4n) is 2.69. The molecule has 0 unspecified atom stereocenters. The molecule has 3 amide bonds. The Hall–Kier alpha value is -1.76. The summed E-state index contributed by atoms with van der Waals surface area (Å²) in [6, 6.07) is 3.63. The third-order valence-electron chi connectivity index (χ3n) is 3.84. The van der Waals surface area contributed by atoms with Crippen LogP contribution in [0.1, 0.15) is 12.0 Å². The van der Waals surface area contributed by atoms with Crippen molar-refractivity contribution in [1.29, 1.82) is 0 Å². The largest absolute Gasteiger partial charge is 0.496 e. The van der Waals surface area contributed by atoms with Crippen molar-refractivity contribution in [1.82, 2.24) is 10.2 Å². The number of benzene rings is 1. The Labute approximate surface area is 125 Å². The highest BCUT2D eigenvalue weighted by molar-refractivity contribution is 7.99. The summed E-state index contributed by atoms with van der Waals surface area (Å²) in [7, 11) is 1.47. The fraction of sp³-hybridized carbons (Fsp3) is 0.429. The molecule has 112 valence electrons. The number of nitrogens with zero attached hydrogens (tertiary/aromatic N) is 1. The quantitative estimate of drug-likeness (QED) is 0.864. The molecule has 1 aromatic rings. The molecule has 0 bridgehead atoms. The maximum absolute atomic E-state index is 13.4. The van der Waals surface area contributed by atoms with Gasteiger partial charge >= 0.3 is 6.03 Å². The molecular formula is C14H15FN2O3S. The number of methoxy groups -OCH3 is 1. The zero-order valence-electron chi connectivity index (χ0n) is 11.5. The van der Waals surface area contributed by atoms with Gasteiger partial charge in [0, 0.05) is 11.3 Å². The van der Waals surface area contributed by atoms with E-state index in [2.05, 4.69) is 5.32 Å². The van der Waals surface area contributed by atoms with Gasteiger partial charge in [-0.25, -0.2) is 9.18 Å². The molecule has 2 aliphatic rings. The molecule has 2 saturated heterocycles. The topological polar surface area (TPSA) is 58.6 Å². The summed E-state index contributed by atoms with van der Waals surface area (Å²) in [4.78, 5) is 25.8. The molecule has 1 N–H and O–H groups in total. The molecule has 3 rings (SSSR count). The Morgan fingerprint density at radius 3 is 2.95 bits per heavy atom. The van der Waals surface area contributed by atoms with E-state index in [0.29, 0.717) is 23.5 Å². The summed E-state index contributed by atoms with van der Waals surface area (Å²) < 4.78 is 18.5. The lowest BCUT2D eigenvalue weighted by Gasteiger charge is -2.19. The summed E-state index contributed by atoms with van der Waals surface area (Å²) in [5.74, 6) is 1.24. The average molecular weight is 310 g/mol. The number of hydrogen-bond acceptors (Lipinski definition) is 4. The Kier molecular flexibility index (Phi) is 3.52. The maximum Gasteiger partial charge on any atom is 0.325 e. The molecule has 0 radical (unpaired) electrons. The molecular weight excluding hydrogens is 295 g/mol. The lowest BCUT2D eigenvalue weighted by Crippen LogP contribution is -2.46. The van der Waals surface area contributed by atoms with Crippen LogP contribution >= 0.6 is 11.8 Å². The normalized spacial score (nSPS) is 24.8. The van der Waals surface area contributed by atoms with Crippen LogP contribution in [0.15, 0.2) is 18.2 Å². The zero-order valence-corrected chi connectivity index (χ0v) is 12.3. The number of urea groups is 1. The number of nitrogens with one attached hydrogen (secondary N) is 1. The number of thioether (sulfide) groups is 1. The number of ether oxygens (including phenoxy) is 1. The molecule has 5 nitrogen and oxygen atoms in total. The van der Waals surface area contributed by atoms with Crippen LogP contribution in [-0.2, 0) is 11.3 Å². The molecule has 21 heavy (non-hydrogen) atoms. The number of imide groups is 1. The first-order chi connectivity index (χ1) is 10.1. The number of rotatable bonds is 3. The summed E-state index contributed by atoms with van der Waals surface area (Å²) in [5.41, 5.74) is -0.300. The summed E-state index contributed by atoms with van der Waals surface area (Å²) in [6.45, 7) is 0.0119. The summed E-state index contributed by atoms with van der Waals surface area (Å²) >= 11 is 1.65. The van der Waals surface area contributed by atoms with E-state index in [1.807, 2.05) is 0 Å². The first-order valence-electron chi connectivity index (χ1n) is 6.60. The van der Waals surface area contributed by atoms with Crippen molar-refractivity contribution in [2.75, 3.05) is 18.6 Å². The van der Waals surface area contributed by atoms with Crippen LogP contribution < -0.4 is 10.1 Å². The van der Waals surface area contributed by atoms with E-state index in [4.69, 9.17) is 4.74 Å². The molecule has 7 heteroatoms.